The van der Waals surface area contributed by atoms with Gasteiger partial charge in [0.1, 0.15) is 5.75 Å². The van der Waals surface area contributed by atoms with Gasteiger partial charge in [-0.2, -0.15) is 0 Å². The molecule has 1 aliphatic rings. The van der Waals surface area contributed by atoms with Crippen molar-refractivity contribution < 1.29 is 14.3 Å². The molecular formula is C21H23N3O3. The highest BCUT2D eigenvalue weighted by Crippen LogP contribution is 2.30. The van der Waals surface area contributed by atoms with Gasteiger partial charge in [0.2, 0.25) is 5.91 Å². The Bertz CT molecular complexity index is 861. The second-order valence-corrected chi connectivity index (χ2v) is 6.46. The number of fused-ring (bicyclic) bond motifs is 1. The van der Waals surface area contributed by atoms with Crippen molar-refractivity contribution in [1.29, 1.82) is 0 Å². The molecule has 0 bridgehead atoms. The molecule has 1 N–H and O–H groups in total. The Kier molecular flexibility index (Phi) is 5.45. The zero-order valence-electron chi connectivity index (χ0n) is 15.6. The third-order valence-electron chi connectivity index (χ3n) is 4.48. The van der Waals surface area contributed by atoms with E-state index in [1.54, 1.807) is 30.2 Å². The molecule has 2 amide bonds. The van der Waals surface area contributed by atoms with Gasteiger partial charge in [0, 0.05) is 25.7 Å². The number of hydrogen-bond donors (Lipinski definition) is 1. The Labute approximate surface area is 159 Å². The highest BCUT2D eigenvalue weighted by Gasteiger charge is 2.22. The van der Waals surface area contributed by atoms with Crippen molar-refractivity contribution in [3.63, 3.8) is 0 Å². The van der Waals surface area contributed by atoms with Gasteiger partial charge in [0.25, 0.3) is 5.91 Å². The third-order valence-corrected chi connectivity index (χ3v) is 4.48. The van der Waals surface area contributed by atoms with E-state index < -0.39 is 0 Å². The van der Waals surface area contributed by atoms with Crippen LogP contribution in [0.1, 0.15) is 15.9 Å². The Hall–Kier alpha value is -3.28. The maximum absolute atomic E-state index is 13.0. The Balaban J connectivity index is 1.83. The maximum Gasteiger partial charge on any atom is 0.254 e. The van der Waals surface area contributed by atoms with Gasteiger partial charge < -0.3 is 19.9 Å². The fourth-order valence-electron chi connectivity index (χ4n) is 3.10. The summed E-state index contributed by atoms with van der Waals surface area (Å²) in [5.74, 6) is 0.571. The summed E-state index contributed by atoms with van der Waals surface area (Å²) in [5.41, 5.74) is 3.08. The summed E-state index contributed by atoms with van der Waals surface area (Å²) < 4.78 is 5.17. The number of carbonyl (C=O) groups is 2. The van der Waals surface area contributed by atoms with Gasteiger partial charge in [-0.1, -0.05) is 18.2 Å². The number of likely N-dealkylation sites (N-methyl/N-ethyl adjacent to an activating group) is 1. The Morgan fingerprint density at radius 2 is 2.04 bits per heavy atom. The minimum Gasteiger partial charge on any atom is -0.497 e. The lowest BCUT2D eigenvalue weighted by Crippen LogP contribution is -2.36. The number of rotatable bonds is 6. The van der Waals surface area contributed by atoms with E-state index in [1.807, 2.05) is 42.3 Å². The highest BCUT2D eigenvalue weighted by atomic mass is 16.5. The fourth-order valence-corrected chi connectivity index (χ4v) is 3.10. The van der Waals surface area contributed by atoms with Crippen LogP contribution in [0.5, 0.6) is 5.75 Å². The van der Waals surface area contributed by atoms with E-state index in [1.165, 1.54) is 0 Å². The van der Waals surface area contributed by atoms with Crippen LogP contribution >= 0.6 is 0 Å². The fraction of sp³-hybridized carbons (Fsp3) is 0.238. The number of hydrogen-bond acceptors (Lipinski definition) is 4. The first-order chi connectivity index (χ1) is 13.0. The van der Waals surface area contributed by atoms with Crippen LogP contribution < -0.4 is 15.0 Å². The minimum absolute atomic E-state index is 0.0872. The van der Waals surface area contributed by atoms with Crippen molar-refractivity contribution in [1.82, 2.24) is 4.90 Å². The van der Waals surface area contributed by atoms with Crippen LogP contribution in [0.4, 0.5) is 11.4 Å². The van der Waals surface area contributed by atoms with Gasteiger partial charge >= 0.3 is 0 Å². The predicted molar refractivity (Wildman–Crippen MR) is 106 cm³/mol. The molecule has 6 nitrogen and oxygen atoms in total. The Morgan fingerprint density at radius 1 is 1.30 bits per heavy atom. The van der Waals surface area contributed by atoms with Crippen molar-refractivity contribution in [3.8, 4) is 5.75 Å². The van der Waals surface area contributed by atoms with E-state index in [9.17, 15) is 9.59 Å². The number of carbonyl (C=O) groups excluding carboxylic acids is 2. The van der Waals surface area contributed by atoms with Gasteiger partial charge in [0.15, 0.2) is 0 Å². The quantitative estimate of drug-likeness (QED) is 0.800. The van der Waals surface area contributed by atoms with Gasteiger partial charge in [0.05, 0.1) is 25.0 Å². The summed E-state index contributed by atoms with van der Waals surface area (Å²) in [5, 5.41) is 2.83. The monoisotopic (exact) mass is 365 g/mol. The average Bonchev–Trinajstić information content (AvgIpc) is 2.67. The topological polar surface area (TPSA) is 61.9 Å². The van der Waals surface area contributed by atoms with Crippen LogP contribution in [0.15, 0.2) is 55.1 Å². The summed E-state index contributed by atoms with van der Waals surface area (Å²) in [4.78, 5) is 28.4. The molecule has 3 rings (SSSR count). The minimum atomic E-state index is -0.115. The molecule has 1 heterocycles. The average molecular weight is 365 g/mol. The summed E-state index contributed by atoms with van der Waals surface area (Å²) in [6, 6.07) is 13.0. The van der Waals surface area contributed by atoms with Crippen molar-refractivity contribution >= 4 is 23.2 Å². The van der Waals surface area contributed by atoms with Crippen molar-refractivity contribution in [2.24, 2.45) is 0 Å². The molecule has 2 aromatic carbocycles. The molecule has 0 atom stereocenters. The van der Waals surface area contributed by atoms with Gasteiger partial charge in [-0.15, -0.1) is 6.58 Å². The molecule has 6 heteroatoms. The zero-order valence-corrected chi connectivity index (χ0v) is 15.6. The second kappa shape index (κ2) is 7.95. The van der Waals surface area contributed by atoms with Crippen LogP contribution in [0.3, 0.4) is 0 Å². The van der Waals surface area contributed by atoms with Crippen molar-refractivity contribution in [2.75, 3.05) is 37.5 Å². The van der Waals surface area contributed by atoms with E-state index in [0.717, 1.165) is 17.0 Å². The maximum atomic E-state index is 13.0. The molecule has 0 aliphatic carbocycles. The number of amides is 2. The molecule has 0 unspecified atom stereocenters. The van der Waals surface area contributed by atoms with Gasteiger partial charge in [-0.05, 0) is 35.9 Å². The molecule has 0 radical (unpaired) electrons. The van der Waals surface area contributed by atoms with Crippen LogP contribution in [0.2, 0.25) is 0 Å². The molecular weight excluding hydrogens is 342 g/mol. The number of anilines is 2. The normalized spacial score (nSPS) is 12.8. The molecule has 0 spiro atoms. The number of ether oxygens (including phenoxy) is 1. The second-order valence-electron chi connectivity index (χ2n) is 6.46. The standard InChI is InChI=1S/C21H23N3O3/c1-4-11-24(13-15-5-8-17(27-3)9-6-15)21(26)16-7-10-19-18(12-16)22-20(25)14-23(19)2/h4-10,12H,1,11,13-14H2,2-3H3,(H,22,25). The smallest absolute Gasteiger partial charge is 0.254 e. The van der Waals surface area contributed by atoms with Crippen molar-refractivity contribution in [2.45, 2.75) is 6.54 Å². The van der Waals surface area contributed by atoms with Crippen LogP contribution in [-0.4, -0.2) is 44.0 Å². The predicted octanol–water partition coefficient (Wildman–Crippen LogP) is 2.91. The first kappa shape index (κ1) is 18.5. The van der Waals surface area contributed by atoms with Crippen LogP contribution in [0, 0.1) is 0 Å². The van der Waals surface area contributed by atoms with Crippen LogP contribution in [-0.2, 0) is 11.3 Å². The first-order valence-electron chi connectivity index (χ1n) is 8.70. The third kappa shape index (κ3) is 4.11. The number of nitrogens with one attached hydrogen (secondary N) is 1. The van der Waals surface area contributed by atoms with E-state index in [2.05, 4.69) is 11.9 Å². The highest BCUT2D eigenvalue weighted by molar-refractivity contribution is 6.03. The number of methoxy groups -OCH3 is 1. The molecule has 0 saturated heterocycles. The lowest BCUT2D eigenvalue weighted by molar-refractivity contribution is -0.115. The molecule has 0 fully saturated rings. The lowest BCUT2D eigenvalue weighted by atomic mass is 10.1. The molecule has 0 aromatic heterocycles. The zero-order chi connectivity index (χ0) is 19.4. The molecule has 2 aromatic rings. The summed E-state index contributed by atoms with van der Waals surface area (Å²) in [6.07, 6.45) is 1.70. The van der Waals surface area contributed by atoms with Crippen LogP contribution in [0.25, 0.3) is 0 Å². The molecule has 0 saturated carbocycles. The SMILES string of the molecule is C=CCN(Cc1ccc(OC)cc1)C(=O)c1ccc2c(c1)NC(=O)CN2C. The summed E-state index contributed by atoms with van der Waals surface area (Å²) >= 11 is 0. The number of benzene rings is 2. The largest absolute Gasteiger partial charge is 0.497 e. The van der Waals surface area contributed by atoms with E-state index in [4.69, 9.17) is 4.74 Å². The van der Waals surface area contributed by atoms with E-state index in [-0.39, 0.29) is 11.8 Å². The van der Waals surface area contributed by atoms with Crippen molar-refractivity contribution in [3.05, 3.63) is 66.2 Å². The molecule has 1 aliphatic heterocycles. The first-order valence-corrected chi connectivity index (χ1v) is 8.70. The summed E-state index contributed by atoms with van der Waals surface area (Å²) in [6.45, 7) is 4.95. The van der Waals surface area contributed by atoms with E-state index in [0.29, 0.717) is 30.9 Å². The van der Waals surface area contributed by atoms with Gasteiger partial charge in [-0.3, -0.25) is 9.59 Å². The number of nitrogens with zero attached hydrogens (tertiary/aromatic N) is 2. The van der Waals surface area contributed by atoms with E-state index >= 15 is 0 Å². The molecule has 140 valence electrons. The summed E-state index contributed by atoms with van der Waals surface area (Å²) in [7, 11) is 3.47. The Morgan fingerprint density at radius 3 is 2.70 bits per heavy atom. The van der Waals surface area contributed by atoms with Gasteiger partial charge in [-0.25, -0.2) is 0 Å². The lowest BCUT2D eigenvalue weighted by Gasteiger charge is -2.28. The molecule has 27 heavy (non-hydrogen) atoms.